The first kappa shape index (κ1) is 22.7. The molecule has 0 heterocycles. The molecule has 0 fully saturated rings. The molecule has 0 aromatic heterocycles. The van der Waals surface area contributed by atoms with Gasteiger partial charge in [0, 0.05) is 0 Å². The van der Waals surface area contributed by atoms with E-state index in [2.05, 4.69) is 81.2 Å². The van der Waals surface area contributed by atoms with Crippen LogP contribution < -0.4 is 0 Å². The average Bonchev–Trinajstić information content (AvgIpc) is 2.87. The van der Waals surface area contributed by atoms with E-state index in [0.29, 0.717) is 5.92 Å². The van der Waals surface area contributed by atoms with Crippen molar-refractivity contribution < 1.29 is 0 Å². The summed E-state index contributed by atoms with van der Waals surface area (Å²) in [6, 6.07) is 0. The van der Waals surface area contributed by atoms with E-state index in [1.165, 1.54) is 33.4 Å². The van der Waals surface area contributed by atoms with Crippen molar-refractivity contribution in [1.29, 1.82) is 0 Å². The Bertz CT molecular complexity index is 749. The average molecular weight is 335 g/mol. The highest BCUT2D eigenvalue weighted by Crippen LogP contribution is 2.36. The van der Waals surface area contributed by atoms with Crippen LogP contribution in [0.5, 0.6) is 0 Å². The first-order chi connectivity index (χ1) is 10.8. The van der Waals surface area contributed by atoms with Gasteiger partial charge in [0.15, 0.2) is 0 Å². The van der Waals surface area contributed by atoms with E-state index in [-0.39, 0.29) is 22.3 Å². The van der Waals surface area contributed by atoms with Crippen LogP contribution >= 0.6 is 0 Å². The van der Waals surface area contributed by atoms with Crippen molar-refractivity contribution in [1.82, 2.24) is 0 Å². The summed E-state index contributed by atoms with van der Waals surface area (Å²) in [7, 11) is 0. The van der Waals surface area contributed by atoms with Gasteiger partial charge in [-0.2, -0.15) is 0 Å². The van der Waals surface area contributed by atoms with E-state index in [0.717, 1.165) is 6.42 Å². The Morgan fingerprint density at radius 2 is 1.36 bits per heavy atom. The van der Waals surface area contributed by atoms with Crippen molar-refractivity contribution in [2.24, 2.45) is 5.92 Å². The number of allylic oxidation sites excluding steroid dienone is 5. The minimum atomic E-state index is 0. The van der Waals surface area contributed by atoms with Gasteiger partial charge in [0.05, 0.1) is 0 Å². The summed E-state index contributed by atoms with van der Waals surface area (Å²) in [5.41, 5.74) is 7.69. The molecule has 0 N–H and O–H groups in total. The van der Waals surface area contributed by atoms with Crippen LogP contribution in [0, 0.1) is 5.92 Å². The lowest BCUT2D eigenvalue weighted by Crippen LogP contribution is -1.99. The SMILES string of the molecule is C.C.C.C=Cc1c2c(c3c(c1/C=C\C)C=CCC=C3)C=C[C@@H](C)C=C2. The molecule has 1 atom stereocenters. The van der Waals surface area contributed by atoms with E-state index < -0.39 is 0 Å². The maximum atomic E-state index is 4.07. The summed E-state index contributed by atoms with van der Waals surface area (Å²) < 4.78 is 0. The predicted molar refractivity (Wildman–Crippen MR) is 121 cm³/mol. The Morgan fingerprint density at radius 3 is 1.96 bits per heavy atom. The molecule has 0 aliphatic heterocycles. The molecule has 1 aromatic rings. The van der Waals surface area contributed by atoms with E-state index >= 15 is 0 Å². The van der Waals surface area contributed by atoms with Crippen molar-refractivity contribution >= 4 is 36.5 Å². The van der Waals surface area contributed by atoms with Gasteiger partial charge in [-0.1, -0.05) is 103 Å². The Morgan fingerprint density at radius 1 is 0.840 bits per heavy atom. The third kappa shape index (κ3) is 4.20. The van der Waals surface area contributed by atoms with Crippen LogP contribution in [0.1, 0.15) is 75.9 Å². The lowest BCUT2D eigenvalue weighted by Gasteiger charge is -2.18. The minimum absolute atomic E-state index is 0. The van der Waals surface area contributed by atoms with E-state index in [1.807, 2.05) is 6.08 Å². The fourth-order valence-electron chi connectivity index (χ4n) is 3.17. The molecule has 0 radical (unpaired) electrons. The van der Waals surface area contributed by atoms with Gasteiger partial charge in [-0.25, -0.2) is 0 Å². The molecule has 0 spiro atoms. The smallest absolute Gasteiger partial charge is 0.00752 e. The predicted octanol–water partition coefficient (Wildman–Crippen LogP) is 8.38. The summed E-state index contributed by atoms with van der Waals surface area (Å²) in [5, 5.41) is 0. The highest BCUT2D eigenvalue weighted by atomic mass is 14.2. The van der Waals surface area contributed by atoms with Crippen LogP contribution in [-0.2, 0) is 0 Å². The van der Waals surface area contributed by atoms with Crippen LogP contribution in [0.4, 0.5) is 0 Å². The molecule has 0 nitrogen and oxygen atoms in total. The lowest BCUT2D eigenvalue weighted by molar-refractivity contribution is 0.954. The van der Waals surface area contributed by atoms with Gasteiger partial charge in [-0.05, 0) is 52.6 Å². The van der Waals surface area contributed by atoms with Crippen LogP contribution in [0.3, 0.4) is 0 Å². The lowest BCUT2D eigenvalue weighted by atomic mass is 9.86. The molecular formula is C25H34. The zero-order valence-electron chi connectivity index (χ0n) is 13.3. The number of benzene rings is 1. The molecule has 2 aliphatic carbocycles. The summed E-state index contributed by atoms with van der Waals surface area (Å²) in [6.45, 7) is 8.35. The van der Waals surface area contributed by atoms with E-state index in [1.54, 1.807) is 0 Å². The van der Waals surface area contributed by atoms with Crippen molar-refractivity contribution in [3.05, 3.63) is 70.3 Å². The third-order valence-corrected chi connectivity index (χ3v) is 4.25. The van der Waals surface area contributed by atoms with Gasteiger partial charge in [0.25, 0.3) is 0 Å². The second-order valence-corrected chi connectivity index (χ2v) is 5.80. The Balaban J connectivity index is 0.00000192. The maximum Gasteiger partial charge on any atom is -0.00752 e. The maximum absolute atomic E-state index is 4.07. The van der Waals surface area contributed by atoms with Gasteiger partial charge < -0.3 is 0 Å². The van der Waals surface area contributed by atoms with Crippen molar-refractivity contribution in [3.63, 3.8) is 0 Å². The Kier molecular flexibility index (Phi) is 8.91. The number of hydrogen-bond donors (Lipinski definition) is 0. The summed E-state index contributed by atoms with van der Waals surface area (Å²) in [6.07, 6.45) is 25.3. The van der Waals surface area contributed by atoms with E-state index in [9.17, 15) is 0 Å². The molecule has 134 valence electrons. The zero-order chi connectivity index (χ0) is 15.5. The van der Waals surface area contributed by atoms with Gasteiger partial charge in [-0.15, -0.1) is 0 Å². The Labute approximate surface area is 155 Å². The van der Waals surface area contributed by atoms with Gasteiger partial charge in [-0.3, -0.25) is 0 Å². The summed E-state index contributed by atoms with van der Waals surface area (Å²) >= 11 is 0. The molecule has 0 bridgehead atoms. The molecule has 3 rings (SSSR count). The van der Waals surface area contributed by atoms with Crippen LogP contribution in [-0.4, -0.2) is 0 Å². The topological polar surface area (TPSA) is 0 Å². The fourth-order valence-corrected chi connectivity index (χ4v) is 3.17. The second-order valence-electron chi connectivity index (χ2n) is 5.80. The normalized spacial score (nSPS) is 16.6. The molecule has 0 heteroatoms. The van der Waals surface area contributed by atoms with Crippen LogP contribution in [0.25, 0.3) is 36.5 Å². The molecule has 25 heavy (non-hydrogen) atoms. The molecule has 0 saturated heterocycles. The number of fused-ring (bicyclic) bond motifs is 3. The molecule has 0 amide bonds. The van der Waals surface area contributed by atoms with Crippen molar-refractivity contribution in [3.8, 4) is 0 Å². The molecule has 1 aromatic carbocycles. The number of rotatable bonds is 2. The molecule has 0 unspecified atom stereocenters. The summed E-state index contributed by atoms with van der Waals surface area (Å²) in [4.78, 5) is 0. The van der Waals surface area contributed by atoms with Crippen molar-refractivity contribution in [2.75, 3.05) is 0 Å². The third-order valence-electron chi connectivity index (χ3n) is 4.25. The number of hydrogen-bond acceptors (Lipinski definition) is 0. The molecule has 2 aliphatic rings. The van der Waals surface area contributed by atoms with Gasteiger partial charge >= 0.3 is 0 Å². The van der Waals surface area contributed by atoms with E-state index in [4.69, 9.17) is 0 Å². The highest BCUT2D eigenvalue weighted by molar-refractivity contribution is 5.91. The molecule has 0 saturated carbocycles. The molecular weight excluding hydrogens is 300 g/mol. The zero-order valence-corrected chi connectivity index (χ0v) is 13.3. The second kappa shape index (κ2) is 9.84. The highest BCUT2D eigenvalue weighted by Gasteiger charge is 2.18. The Hall–Kier alpha value is -2.34. The first-order valence-electron chi connectivity index (χ1n) is 7.94. The van der Waals surface area contributed by atoms with Gasteiger partial charge in [0.2, 0.25) is 0 Å². The van der Waals surface area contributed by atoms with Crippen molar-refractivity contribution in [2.45, 2.75) is 42.5 Å². The van der Waals surface area contributed by atoms with Crippen LogP contribution in [0.2, 0.25) is 0 Å². The fraction of sp³-hybridized carbons (Fsp3) is 0.280. The minimum Gasteiger partial charge on any atom is -0.0984 e. The monoisotopic (exact) mass is 334 g/mol. The largest absolute Gasteiger partial charge is 0.0984 e. The summed E-state index contributed by atoms with van der Waals surface area (Å²) in [5.74, 6) is 0.455. The first-order valence-corrected chi connectivity index (χ1v) is 7.94. The standard InChI is InChI=1S/C22H22.3CH4/c1-4-9-18-17(5-2)21-14-12-16(3)13-15-22(21)20-11-8-6-7-10-19(18)20;;;/h4-5,7-16H,2,6H2,1,3H3;3*1H4/b9-4-;;;/t16-;;;/m0.../s1. The quantitative estimate of drug-likeness (QED) is 0.509. The van der Waals surface area contributed by atoms with Gasteiger partial charge in [0.1, 0.15) is 0 Å². The van der Waals surface area contributed by atoms with Crippen LogP contribution in [0.15, 0.2) is 37.0 Å².